The van der Waals surface area contributed by atoms with Gasteiger partial charge in [0.1, 0.15) is 18.1 Å². The molecule has 2 aliphatic heterocycles. The van der Waals surface area contributed by atoms with E-state index in [0.29, 0.717) is 12.1 Å². The van der Waals surface area contributed by atoms with Crippen LogP contribution in [0.2, 0.25) is 0 Å². The van der Waals surface area contributed by atoms with Gasteiger partial charge in [0.15, 0.2) is 0 Å². The molecule has 2 amide bonds. The average molecular weight is 437 g/mol. The molecular formula is C22H29F2N3O4. The highest BCUT2D eigenvalue weighted by atomic mass is 19.3. The number of benzene rings is 1. The number of aliphatic hydroxyl groups is 1. The van der Waals surface area contributed by atoms with Gasteiger partial charge in [-0.2, -0.15) is 8.78 Å². The Morgan fingerprint density at radius 3 is 2.61 bits per heavy atom. The number of ether oxygens (including phenoxy) is 1. The summed E-state index contributed by atoms with van der Waals surface area (Å²) in [5.41, 5.74) is 0.343. The van der Waals surface area contributed by atoms with Crippen molar-refractivity contribution in [3.63, 3.8) is 0 Å². The number of carbonyl (C=O) groups is 2. The Labute approximate surface area is 180 Å². The van der Waals surface area contributed by atoms with Crippen molar-refractivity contribution >= 4 is 11.8 Å². The van der Waals surface area contributed by atoms with Gasteiger partial charge in [0, 0.05) is 31.6 Å². The van der Waals surface area contributed by atoms with Gasteiger partial charge in [-0.15, -0.1) is 0 Å². The van der Waals surface area contributed by atoms with Gasteiger partial charge >= 0.3 is 6.61 Å². The highest BCUT2D eigenvalue weighted by Crippen LogP contribution is 2.34. The molecule has 3 aliphatic rings. The molecule has 1 saturated carbocycles. The fourth-order valence-corrected chi connectivity index (χ4v) is 4.66. The van der Waals surface area contributed by atoms with Gasteiger partial charge in [-0.1, -0.05) is 12.8 Å². The third kappa shape index (κ3) is 4.82. The Hall–Kier alpha value is -2.26. The molecule has 9 heteroatoms. The van der Waals surface area contributed by atoms with Crippen LogP contribution in [0, 0.1) is 5.92 Å². The molecule has 0 aromatic heterocycles. The smallest absolute Gasteiger partial charge is 0.387 e. The zero-order chi connectivity index (χ0) is 22.1. The first-order chi connectivity index (χ1) is 14.8. The van der Waals surface area contributed by atoms with Crippen molar-refractivity contribution in [2.75, 3.05) is 19.6 Å². The van der Waals surface area contributed by atoms with Crippen molar-refractivity contribution in [3.05, 3.63) is 29.8 Å². The number of amides is 2. The standard InChI is InChI=1S/C22H29F2N3O4/c1-14-20(29)25(11-2-3-15-4-5-15)13-18-26(12-10-19(28)27(14)18)21(30)16-6-8-17(9-7-16)31-22(23)24/h6-9,14-15,18,20,22,29H,2-5,10-13H2,1H3. The summed E-state index contributed by atoms with van der Waals surface area (Å²) in [4.78, 5) is 31.1. The van der Waals surface area contributed by atoms with Gasteiger partial charge in [-0.05, 0) is 49.9 Å². The van der Waals surface area contributed by atoms with E-state index in [2.05, 4.69) is 4.74 Å². The SMILES string of the molecule is CC1C(O)N(CCCC2CC2)CC2N(C(=O)c3ccc(OC(F)F)cc3)CCC(=O)N12. The molecule has 4 rings (SSSR count). The number of aliphatic hydroxyl groups excluding tert-OH is 1. The lowest BCUT2D eigenvalue weighted by molar-refractivity contribution is -0.176. The van der Waals surface area contributed by atoms with Crippen molar-refractivity contribution < 1.29 is 28.2 Å². The summed E-state index contributed by atoms with van der Waals surface area (Å²) in [6.07, 6.45) is 3.65. The second-order valence-electron chi connectivity index (χ2n) is 8.67. The van der Waals surface area contributed by atoms with Crippen LogP contribution >= 0.6 is 0 Å². The van der Waals surface area contributed by atoms with Gasteiger partial charge in [0.05, 0.1) is 6.04 Å². The van der Waals surface area contributed by atoms with Crippen LogP contribution in [0.3, 0.4) is 0 Å². The van der Waals surface area contributed by atoms with Gasteiger partial charge in [0.2, 0.25) is 5.91 Å². The second kappa shape index (κ2) is 9.08. The maximum atomic E-state index is 13.2. The molecule has 1 aromatic carbocycles. The van der Waals surface area contributed by atoms with Gasteiger partial charge in [-0.3, -0.25) is 14.5 Å². The van der Waals surface area contributed by atoms with Crippen LogP contribution < -0.4 is 4.74 Å². The molecule has 2 heterocycles. The summed E-state index contributed by atoms with van der Waals surface area (Å²) in [7, 11) is 0. The largest absolute Gasteiger partial charge is 0.435 e. The van der Waals surface area contributed by atoms with Crippen LogP contribution in [-0.2, 0) is 4.79 Å². The van der Waals surface area contributed by atoms with Gasteiger partial charge in [0.25, 0.3) is 5.91 Å². The first-order valence-electron chi connectivity index (χ1n) is 10.9. The molecule has 7 nitrogen and oxygen atoms in total. The summed E-state index contributed by atoms with van der Waals surface area (Å²) in [5, 5.41) is 10.8. The molecule has 3 fully saturated rings. The minimum atomic E-state index is -2.93. The van der Waals surface area contributed by atoms with E-state index in [1.54, 1.807) is 9.80 Å². The van der Waals surface area contributed by atoms with Gasteiger partial charge < -0.3 is 19.6 Å². The second-order valence-corrected chi connectivity index (χ2v) is 8.67. The quantitative estimate of drug-likeness (QED) is 0.710. The minimum absolute atomic E-state index is 0.0155. The van der Waals surface area contributed by atoms with E-state index >= 15 is 0 Å². The summed E-state index contributed by atoms with van der Waals surface area (Å²) in [6.45, 7) is 0.284. The third-order valence-corrected chi connectivity index (χ3v) is 6.52. The first-order valence-corrected chi connectivity index (χ1v) is 10.9. The number of alkyl halides is 2. The van der Waals surface area contributed by atoms with E-state index in [1.165, 1.54) is 37.1 Å². The first kappa shape index (κ1) is 22.0. The average Bonchev–Trinajstić information content (AvgIpc) is 3.55. The van der Waals surface area contributed by atoms with Crippen LogP contribution in [0.1, 0.15) is 49.4 Å². The molecule has 0 radical (unpaired) electrons. The predicted molar refractivity (Wildman–Crippen MR) is 108 cm³/mol. The van der Waals surface area contributed by atoms with Crippen molar-refractivity contribution in [2.45, 2.75) is 64.1 Å². The van der Waals surface area contributed by atoms with E-state index in [4.69, 9.17) is 0 Å². The number of hydrogen-bond acceptors (Lipinski definition) is 5. The Balaban J connectivity index is 1.49. The fraction of sp³-hybridized carbons (Fsp3) is 0.636. The maximum absolute atomic E-state index is 13.2. The molecule has 31 heavy (non-hydrogen) atoms. The Morgan fingerprint density at radius 1 is 1.26 bits per heavy atom. The number of carbonyl (C=O) groups excluding carboxylic acids is 2. The summed E-state index contributed by atoms with van der Waals surface area (Å²) in [6, 6.07) is 5.16. The minimum Gasteiger partial charge on any atom is -0.435 e. The molecule has 1 aromatic rings. The lowest BCUT2D eigenvalue weighted by Gasteiger charge is -2.54. The molecule has 1 N–H and O–H groups in total. The lowest BCUT2D eigenvalue weighted by atomic mass is 10.0. The number of halogens is 2. The fourth-order valence-electron chi connectivity index (χ4n) is 4.66. The van der Waals surface area contributed by atoms with Gasteiger partial charge in [-0.25, -0.2) is 0 Å². The van der Waals surface area contributed by atoms with Crippen LogP contribution in [0.4, 0.5) is 8.78 Å². The van der Waals surface area contributed by atoms with Crippen LogP contribution in [0.15, 0.2) is 24.3 Å². The van der Waals surface area contributed by atoms with Crippen molar-refractivity contribution in [1.29, 1.82) is 0 Å². The number of rotatable bonds is 7. The Bertz CT molecular complexity index is 802. The number of piperazine rings is 1. The molecule has 0 bridgehead atoms. The van der Waals surface area contributed by atoms with Crippen LogP contribution in [0.25, 0.3) is 0 Å². The van der Waals surface area contributed by atoms with E-state index in [0.717, 1.165) is 25.3 Å². The molecular weight excluding hydrogens is 408 g/mol. The molecule has 0 spiro atoms. The Kier molecular flexibility index (Phi) is 6.43. The zero-order valence-electron chi connectivity index (χ0n) is 17.6. The Morgan fingerprint density at radius 2 is 1.97 bits per heavy atom. The van der Waals surface area contributed by atoms with Crippen molar-refractivity contribution in [3.8, 4) is 5.75 Å². The monoisotopic (exact) mass is 437 g/mol. The number of nitrogens with zero attached hydrogens (tertiary/aromatic N) is 3. The number of hydrogen-bond donors (Lipinski definition) is 1. The zero-order valence-corrected chi connectivity index (χ0v) is 17.6. The van der Waals surface area contributed by atoms with E-state index in [1.807, 2.05) is 11.8 Å². The highest BCUT2D eigenvalue weighted by Gasteiger charge is 2.47. The van der Waals surface area contributed by atoms with Crippen molar-refractivity contribution in [1.82, 2.24) is 14.7 Å². The normalized spacial score (nSPS) is 26.9. The molecule has 2 saturated heterocycles. The van der Waals surface area contributed by atoms with Crippen molar-refractivity contribution in [2.24, 2.45) is 5.92 Å². The molecule has 170 valence electrons. The summed E-state index contributed by atoms with van der Waals surface area (Å²) >= 11 is 0. The predicted octanol–water partition coefficient (Wildman–Crippen LogP) is 2.50. The maximum Gasteiger partial charge on any atom is 0.387 e. The lowest BCUT2D eigenvalue weighted by Crippen LogP contribution is -2.71. The van der Waals surface area contributed by atoms with E-state index < -0.39 is 25.0 Å². The third-order valence-electron chi connectivity index (χ3n) is 6.52. The number of fused-ring (bicyclic) bond motifs is 1. The van der Waals surface area contributed by atoms with Crippen LogP contribution in [-0.4, -0.2) is 76.3 Å². The molecule has 3 atom stereocenters. The summed E-state index contributed by atoms with van der Waals surface area (Å²) < 4.78 is 29.1. The molecule has 3 unspecified atom stereocenters. The summed E-state index contributed by atoms with van der Waals surface area (Å²) in [5.74, 6) is 0.451. The van der Waals surface area contributed by atoms with Crippen LogP contribution in [0.5, 0.6) is 5.75 Å². The topological polar surface area (TPSA) is 73.3 Å². The molecule has 1 aliphatic carbocycles. The highest BCUT2D eigenvalue weighted by molar-refractivity contribution is 5.95. The van der Waals surface area contributed by atoms with E-state index in [-0.39, 0.29) is 30.5 Å². The van der Waals surface area contributed by atoms with E-state index in [9.17, 15) is 23.5 Å².